The Morgan fingerprint density at radius 2 is 1.76 bits per heavy atom. The molecule has 1 rings (SSSR count). The van der Waals surface area contributed by atoms with Gasteiger partial charge in [-0.15, -0.1) is 0 Å². The first-order chi connectivity index (χ1) is 8.00. The van der Waals surface area contributed by atoms with E-state index in [0.717, 1.165) is 24.2 Å². The molecule has 0 spiro atoms. The van der Waals surface area contributed by atoms with Crippen molar-refractivity contribution in [3.8, 4) is 0 Å². The SMILES string of the molecule is CCc1cc(CC)nc(NCC(F)(F)CN)n1. The van der Waals surface area contributed by atoms with Crippen LogP contribution in [0.5, 0.6) is 0 Å². The number of aryl methyl sites for hydroxylation is 2. The fourth-order valence-corrected chi connectivity index (χ4v) is 1.28. The number of nitrogens with zero attached hydrogens (tertiary/aromatic N) is 2. The van der Waals surface area contributed by atoms with Gasteiger partial charge in [0.25, 0.3) is 5.92 Å². The molecule has 3 N–H and O–H groups in total. The molecule has 0 bridgehead atoms. The van der Waals surface area contributed by atoms with Crippen LogP contribution in [0.15, 0.2) is 6.07 Å². The van der Waals surface area contributed by atoms with Gasteiger partial charge in [-0.1, -0.05) is 13.8 Å². The fraction of sp³-hybridized carbons (Fsp3) is 0.636. The van der Waals surface area contributed by atoms with Crippen molar-refractivity contribution in [1.82, 2.24) is 9.97 Å². The van der Waals surface area contributed by atoms with Crippen molar-refractivity contribution in [2.75, 3.05) is 18.4 Å². The zero-order valence-electron chi connectivity index (χ0n) is 10.1. The van der Waals surface area contributed by atoms with Crippen molar-refractivity contribution in [3.05, 3.63) is 17.5 Å². The van der Waals surface area contributed by atoms with Gasteiger partial charge in [-0.25, -0.2) is 18.7 Å². The predicted octanol–water partition coefficient (Wildman–Crippen LogP) is 1.61. The number of halogens is 2. The van der Waals surface area contributed by atoms with Gasteiger partial charge in [-0.3, -0.25) is 0 Å². The molecule has 1 heterocycles. The van der Waals surface area contributed by atoms with E-state index in [-0.39, 0.29) is 5.95 Å². The third-order valence-electron chi connectivity index (χ3n) is 2.36. The van der Waals surface area contributed by atoms with Crippen LogP contribution in [0.3, 0.4) is 0 Å². The summed E-state index contributed by atoms with van der Waals surface area (Å²) >= 11 is 0. The topological polar surface area (TPSA) is 63.8 Å². The molecule has 0 aliphatic carbocycles. The summed E-state index contributed by atoms with van der Waals surface area (Å²) in [6.07, 6.45) is 1.50. The molecule has 1 aromatic heterocycles. The number of alkyl halides is 2. The lowest BCUT2D eigenvalue weighted by molar-refractivity contribution is 0.0252. The monoisotopic (exact) mass is 244 g/mol. The first-order valence-corrected chi connectivity index (χ1v) is 5.69. The van der Waals surface area contributed by atoms with Gasteiger partial charge in [0.05, 0.1) is 13.1 Å². The minimum Gasteiger partial charge on any atom is -0.348 e. The van der Waals surface area contributed by atoms with Crippen molar-refractivity contribution in [1.29, 1.82) is 0 Å². The lowest BCUT2D eigenvalue weighted by Crippen LogP contribution is -2.35. The van der Waals surface area contributed by atoms with Crippen LogP contribution >= 0.6 is 0 Å². The Labute approximate surface area is 99.6 Å². The highest BCUT2D eigenvalue weighted by molar-refractivity contribution is 5.29. The van der Waals surface area contributed by atoms with E-state index in [0.29, 0.717) is 0 Å². The van der Waals surface area contributed by atoms with Crippen molar-refractivity contribution in [2.45, 2.75) is 32.6 Å². The lowest BCUT2D eigenvalue weighted by Gasteiger charge is -2.15. The number of anilines is 1. The van der Waals surface area contributed by atoms with E-state index >= 15 is 0 Å². The van der Waals surface area contributed by atoms with Crippen LogP contribution in [0.25, 0.3) is 0 Å². The first-order valence-electron chi connectivity index (χ1n) is 5.69. The number of aromatic nitrogens is 2. The summed E-state index contributed by atoms with van der Waals surface area (Å²) in [6, 6.07) is 1.88. The molecule has 0 saturated carbocycles. The summed E-state index contributed by atoms with van der Waals surface area (Å²) in [5.74, 6) is -2.69. The molecule has 6 heteroatoms. The summed E-state index contributed by atoms with van der Waals surface area (Å²) in [5.41, 5.74) is 6.64. The largest absolute Gasteiger partial charge is 0.348 e. The number of nitrogens with one attached hydrogen (secondary N) is 1. The maximum absolute atomic E-state index is 13.0. The zero-order chi connectivity index (χ0) is 12.9. The van der Waals surface area contributed by atoms with Crippen LogP contribution in [0, 0.1) is 0 Å². The Bertz CT molecular complexity index is 346. The van der Waals surface area contributed by atoms with Crippen LogP contribution in [0.1, 0.15) is 25.2 Å². The summed E-state index contributed by atoms with van der Waals surface area (Å²) in [6.45, 7) is 2.69. The Balaban J connectivity index is 2.76. The minimum absolute atomic E-state index is 0.245. The van der Waals surface area contributed by atoms with Gasteiger partial charge >= 0.3 is 0 Å². The van der Waals surface area contributed by atoms with E-state index < -0.39 is 19.0 Å². The fourth-order valence-electron chi connectivity index (χ4n) is 1.28. The van der Waals surface area contributed by atoms with Crippen molar-refractivity contribution in [3.63, 3.8) is 0 Å². The zero-order valence-corrected chi connectivity index (χ0v) is 10.1. The summed E-state index contributed by atoms with van der Waals surface area (Å²) < 4.78 is 25.9. The number of hydrogen-bond donors (Lipinski definition) is 2. The molecule has 4 nitrogen and oxygen atoms in total. The van der Waals surface area contributed by atoms with E-state index in [4.69, 9.17) is 5.73 Å². The van der Waals surface area contributed by atoms with E-state index in [1.807, 2.05) is 19.9 Å². The maximum Gasteiger partial charge on any atom is 0.277 e. The van der Waals surface area contributed by atoms with Gasteiger partial charge in [0.1, 0.15) is 0 Å². The Kier molecular flexibility index (Phi) is 4.74. The van der Waals surface area contributed by atoms with Gasteiger partial charge in [0.2, 0.25) is 5.95 Å². The van der Waals surface area contributed by atoms with Crippen molar-refractivity contribution < 1.29 is 8.78 Å². The molecular weight excluding hydrogens is 226 g/mol. The maximum atomic E-state index is 13.0. The average Bonchev–Trinajstić information content (AvgIpc) is 2.36. The Hall–Kier alpha value is -1.30. The van der Waals surface area contributed by atoms with Crippen LogP contribution in [-0.2, 0) is 12.8 Å². The molecule has 0 radical (unpaired) electrons. The molecule has 0 saturated heterocycles. The quantitative estimate of drug-likeness (QED) is 0.798. The second-order valence-corrected chi connectivity index (χ2v) is 3.79. The Morgan fingerprint density at radius 1 is 1.24 bits per heavy atom. The van der Waals surface area contributed by atoms with Crippen LogP contribution < -0.4 is 11.1 Å². The molecule has 96 valence electrons. The van der Waals surface area contributed by atoms with Crippen LogP contribution in [-0.4, -0.2) is 29.0 Å². The second kappa shape index (κ2) is 5.86. The highest BCUT2D eigenvalue weighted by atomic mass is 19.3. The van der Waals surface area contributed by atoms with E-state index in [2.05, 4.69) is 15.3 Å². The minimum atomic E-state index is -2.93. The van der Waals surface area contributed by atoms with E-state index in [1.54, 1.807) is 0 Å². The summed E-state index contributed by atoms with van der Waals surface area (Å²) in [7, 11) is 0. The van der Waals surface area contributed by atoms with E-state index in [1.165, 1.54) is 0 Å². The summed E-state index contributed by atoms with van der Waals surface area (Å²) in [4.78, 5) is 8.28. The van der Waals surface area contributed by atoms with Gasteiger partial charge in [0, 0.05) is 11.4 Å². The molecule has 0 aromatic carbocycles. The number of nitrogens with two attached hydrogens (primary N) is 1. The highest BCUT2D eigenvalue weighted by Crippen LogP contribution is 2.13. The molecule has 0 amide bonds. The standard InChI is InChI=1S/C11H18F2N4/c1-3-8-5-9(4-2)17-10(16-8)15-7-11(12,13)6-14/h5H,3-4,6-7,14H2,1-2H3,(H,15,16,17). The van der Waals surface area contributed by atoms with E-state index in [9.17, 15) is 8.78 Å². The molecule has 0 unspecified atom stereocenters. The number of hydrogen-bond acceptors (Lipinski definition) is 4. The van der Waals surface area contributed by atoms with Crippen LogP contribution in [0.2, 0.25) is 0 Å². The Morgan fingerprint density at radius 3 is 2.18 bits per heavy atom. The third-order valence-corrected chi connectivity index (χ3v) is 2.36. The highest BCUT2D eigenvalue weighted by Gasteiger charge is 2.26. The van der Waals surface area contributed by atoms with Crippen molar-refractivity contribution >= 4 is 5.95 Å². The average molecular weight is 244 g/mol. The van der Waals surface area contributed by atoms with Gasteiger partial charge in [-0.2, -0.15) is 0 Å². The molecular formula is C11H18F2N4. The molecule has 0 fully saturated rings. The van der Waals surface area contributed by atoms with Gasteiger partial charge in [0.15, 0.2) is 0 Å². The second-order valence-electron chi connectivity index (χ2n) is 3.79. The van der Waals surface area contributed by atoms with Gasteiger partial charge in [-0.05, 0) is 18.9 Å². The molecule has 0 aliphatic heterocycles. The third kappa shape index (κ3) is 4.22. The van der Waals surface area contributed by atoms with Crippen LogP contribution in [0.4, 0.5) is 14.7 Å². The smallest absolute Gasteiger partial charge is 0.277 e. The van der Waals surface area contributed by atoms with Gasteiger partial charge < -0.3 is 11.1 Å². The normalized spacial score (nSPS) is 11.6. The molecule has 1 aromatic rings. The van der Waals surface area contributed by atoms with Crippen molar-refractivity contribution in [2.24, 2.45) is 5.73 Å². The first kappa shape index (κ1) is 13.8. The predicted molar refractivity (Wildman–Crippen MR) is 63.3 cm³/mol. The molecule has 17 heavy (non-hydrogen) atoms. The molecule has 0 aliphatic rings. The molecule has 0 atom stereocenters. The summed E-state index contributed by atoms with van der Waals surface area (Å²) in [5, 5.41) is 2.53. The lowest BCUT2D eigenvalue weighted by atomic mass is 10.2. The number of rotatable bonds is 6.